The minimum atomic E-state index is -4.28. The number of anilines is 1. The van der Waals surface area contributed by atoms with Gasteiger partial charge in [-0.15, -0.1) is 0 Å². The minimum absolute atomic E-state index is 0.0120. The Kier molecular flexibility index (Phi) is 10.3. The second-order valence-electron chi connectivity index (χ2n) is 8.61. The number of likely N-dealkylation sites (N-methyl/N-ethyl adjacent to an activating group) is 1. The van der Waals surface area contributed by atoms with Gasteiger partial charge in [-0.3, -0.25) is 13.9 Å². The first kappa shape index (κ1) is 29.9. The Balaban J connectivity index is 2.01. The zero-order chi connectivity index (χ0) is 28.6. The van der Waals surface area contributed by atoms with Gasteiger partial charge < -0.3 is 15.0 Å². The molecule has 0 aromatic heterocycles. The molecule has 1 atom stereocenters. The molecule has 0 aliphatic heterocycles. The van der Waals surface area contributed by atoms with Gasteiger partial charge in [-0.25, -0.2) is 12.8 Å². The summed E-state index contributed by atoms with van der Waals surface area (Å²) in [6.45, 7) is 5.28. The van der Waals surface area contributed by atoms with Gasteiger partial charge in [0.15, 0.2) is 0 Å². The smallest absolute Gasteiger partial charge is 0.264 e. The van der Waals surface area contributed by atoms with Gasteiger partial charge in [0.2, 0.25) is 11.8 Å². The normalized spacial score (nSPS) is 11.9. The van der Waals surface area contributed by atoms with E-state index < -0.39 is 40.2 Å². The Morgan fingerprint density at radius 3 is 2.28 bits per heavy atom. The van der Waals surface area contributed by atoms with Crippen molar-refractivity contribution in [3.63, 3.8) is 0 Å². The van der Waals surface area contributed by atoms with E-state index in [1.807, 2.05) is 6.92 Å². The fraction of sp³-hybridized carbons (Fsp3) is 0.286. The maximum Gasteiger partial charge on any atom is 0.264 e. The van der Waals surface area contributed by atoms with E-state index in [9.17, 15) is 22.4 Å². The number of benzene rings is 3. The zero-order valence-corrected chi connectivity index (χ0v) is 23.5. The van der Waals surface area contributed by atoms with Crippen molar-refractivity contribution in [2.75, 3.05) is 24.0 Å². The highest BCUT2D eigenvalue weighted by Gasteiger charge is 2.32. The summed E-state index contributed by atoms with van der Waals surface area (Å²) >= 11 is 6.13. The number of nitrogens with zero attached hydrogens (tertiary/aromatic N) is 2. The third kappa shape index (κ3) is 7.70. The van der Waals surface area contributed by atoms with Crippen molar-refractivity contribution in [1.82, 2.24) is 10.2 Å². The predicted octanol–water partition coefficient (Wildman–Crippen LogP) is 4.63. The van der Waals surface area contributed by atoms with Crippen molar-refractivity contribution in [2.24, 2.45) is 0 Å². The molecule has 208 valence electrons. The Morgan fingerprint density at radius 1 is 1.03 bits per heavy atom. The summed E-state index contributed by atoms with van der Waals surface area (Å²) in [7, 11) is -4.28. The summed E-state index contributed by atoms with van der Waals surface area (Å²) in [6, 6.07) is 16.5. The largest absolute Gasteiger partial charge is 0.494 e. The number of amides is 2. The molecular formula is C28H31ClFN3O5S. The molecule has 0 heterocycles. The van der Waals surface area contributed by atoms with Crippen LogP contribution in [0.25, 0.3) is 0 Å². The lowest BCUT2D eigenvalue weighted by Crippen LogP contribution is -2.51. The number of carbonyl (C=O) groups is 2. The monoisotopic (exact) mass is 575 g/mol. The van der Waals surface area contributed by atoms with Crippen LogP contribution >= 0.6 is 11.6 Å². The molecule has 39 heavy (non-hydrogen) atoms. The van der Waals surface area contributed by atoms with Crippen molar-refractivity contribution < 1.29 is 27.1 Å². The summed E-state index contributed by atoms with van der Waals surface area (Å²) in [4.78, 5) is 27.7. The lowest BCUT2D eigenvalue weighted by Gasteiger charge is -2.32. The predicted molar refractivity (Wildman–Crippen MR) is 149 cm³/mol. The van der Waals surface area contributed by atoms with E-state index in [0.717, 1.165) is 16.4 Å². The molecule has 3 rings (SSSR count). The molecule has 1 N–H and O–H groups in total. The highest BCUT2D eigenvalue weighted by atomic mass is 35.5. The summed E-state index contributed by atoms with van der Waals surface area (Å²) in [5.41, 5.74) is 0.752. The van der Waals surface area contributed by atoms with Gasteiger partial charge in [-0.1, -0.05) is 23.7 Å². The van der Waals surface area contributed by atoms with E-state index in [1.54, 1.807) is 38.1 Å². The number of carbonyl (C=O) groups excluding carboxylic acids is 2. The van der Waals surface area contributed by atoms with E-state index >= 15 is 0 Å². The van der Waals surface area contributed by atoms with Gasteiger partial charge in [-0.05, 0) is 87.0 Å². The first-order valence-corrected chi connectivity index (χ1v) is 14.2. The van der Waals surface area contributed by atoms with Crippen molar-refractivity contribution in [3.05, 3.63) is 89.2 Å². The molecule has 0 aliphatic rings. The molecule has 11 heteroatoms. The lowest BCUT2D eigenvalue weighted by atomic mass is 10.1. The second-order valence-corrected chi connectivity index (χ2v) is 10.9. The molecule has 0 fully saturated rings. The molecule has 8 nitrogen and oxygen atoms in total. The Labute approximate surface area is 233 Å². The molecule has 2 amide bonds. The fourth-order valence-corrected chi connectivity index (χ4v) is 5.50. The summed E-state index contributed by atoms with van der Waals surface area (Å²) in [6.07, 6.45) is 0. The van der Waals surface area contributed by atoms with E-state index in [-0.39, 0.29) is 17.1 Å². The van der Waals surface area contributed by atoms with Crippen LogP contribution in [0.1, 0.15) is 26.3 Å². The third-order valence-corrected chi connectivity index (χ3v) is 7.90. The number of rotatable bonds is 12. The Bertz CT molecular complexity index is 1390. The van der Waals surface area contributed by atoms with Crippen LogP contribution in [0.3, 0.4) is 0 Å². The quantitative estimate of drug-likeness (QED) is 0.340. The van der Waals surface area contributed by atoms with Gasteiger partial charge in [0.25, 0.3) is 10.0 Å². The van der Waals surface area contributed by atoms with Crippen molar-refractivity contribution >= 4 is 39.1 Å². The highest BCUT2D eigenvalue weighted by Crippen LogP contribution is 2.26. The number of ether oxygens (including phenoxy) is 1. The molecule has 1 unspecified atom stereocenters. The number of nitrogens with one attached hydrogen (secondary N) is 1. The average molecular weight is 576 g/mol. The topological polar surface area (TPSA) is 96.0 Å². The van der Waals surface area contributed by atoms with Gasteiger partial charge >= 0.3 is 0 Å². The number of hydrogen-bond donors (Lipinski definition) is 1. The molecule has 0 spiro atoms. The Hall–Kier alpha value is -3.63. The molecule has 0 saturated carbocycles. The molecule has 3 aromatic rings. The van der Waals surface area contributed by atoms with Crippen LogP contribution in [0.5, 0.6) is 5.75 Å². The molecule has 0 aliphatic carbocycles. The van der Waals surface area contributed by atoms with Crippen LogP contribution < -0.4 is 14.4 Å². The van der Waals surface area contributed by atoms with Crippen molar-refractivity contribution in [1.29, 1.82) is 0 Å². The molecule has 0 saturated heterocycles. The lowest BCUT2D eigenvalue weighted by molar-refractivity contribution is -0.139. The summed E-state index contributed by atoms with van der Waals surface area (Å²) in [5.74, 6) is -1.09. The highest BCUT2D eigenvalue weighted by molar-refractivity contribution is 7.92. The average Bonchev–Trinajstić information content (AvgIpc) is 2.91. The third-order valence-electron chi connectivity index (χ3n) is 5.88. The van der Waals surface area contributed by atoms with Crippen LogP contribution in [0.2, 0.25) is 5.02 Å². The van der Waals surface area contributed by atoms with Crippen LogP contribution in [0.15, 0.2) is 77.7 Å². The van der Waals surface area contributed by atoms with Crippen LogP contribution in [-0.4, -0.2) is 50.9 Å². The number of halogens is 2. The van der Waals surface area contributed by atoms with E-state index in [4.69, 9.17) is 16.3 Å². The number of hydrogen-bond acceptors (Lipinski definition) is 5. The second kappa shape index (κ2) is 13.4. The molecule has 0 bridgehead atoms. The van der Waals surface area contributed by atoms with Gasteiger partial charge in [0.1, 0.15) is 24.2 Å². The Morgan fingerprint density at radius 2 is 1.69 bits per heavy atom. The van der Waals surface area contributed by atoms with Gasteiger partial charge in [0.05, 0.1) is 17.2 Å². The maximum atomic E-state index is 13.8. The van der Waals surface area contributed by atoms with E-state index in [2.05, 4.69) is 5.32 Å². The van der Waals surface area contributed by atoms with Crippen molar-refractivity contribution in [2.45, 2.75) is 38.3 Å². The first-order valence-electron chi connectivity index (χ1n) is 12.4. The molecule has 0 radical (unpaired) electrons. The van der Waals surface area contributed by atoms with Crippen LogP contribution in [-0.2, 0) is 26.2 Å². The van der Waals surface area contributed by atoms with Crippen molar-refractivity contribution in [3.8, 4) is 5.75 Å². The summed E-state index contributed by atoms with van der Waals surface area (Å²) < 4.78 is 47.6. The standard InChI is InChI=1S/C28H31ClFN3O5S/c1-4-31-28(35)20(3)32(18-21-7-6-8-22(29)17-21)27(34)19-33(24-11-9-23(30)10-12-24)39(36,37)26-15-13-25(14-16-26)38-5-2/h6-17,20H,4-5,18-19H2,1-3H3,(H,31,35). The van der Waals surface area contributed by atoms with Gasteiger partial charge in [-0.2, -0.15) is 0 Å². The SMILES string of the molecule is CCNC(=O)C(C)N(Cc1cccc(Cl)c1)C(=O)CN(c1ccc(F)cc1)S(=O)(=O)c1ccc(OCC)cc1. The number of sulfonamides is 1. The minimum Gasteiger partial charge on any atom is -0.494 e. The zero-order valence-electron chi connectivity index (χ0n) is 21.9. The molecular weight excluding hydrogens is 545 g/mol. The molecule has 3 aromatic carbocycles. The van der Waals surface area contributed by atoms with Gasteiger partial charge in [0, 0.05) is 18.1 Å². The fourth-order valence-electron chi connectivity index (χ4n) is 3.87. The maximum absolute atomic E-state index is 13.8. The van der Waals surface area contributed by atoms with E-state index in [0.29, 0.717) is 29.5 Å². The van der Waals surface area contributed by atoms with Crippen LogP contribution in [0, 0.1) is 5.82 Å². The van der Waals surface area contributed by atoms with Crippen LogP contribution in [0.4, 0.5) is 10.1 Å². The first-order chi connectivity index (χ1) is 18.6. The van der Waals surface area contributed by atoms with E-state index in [1.165, 1.54) is 41.3 Å². The summed E-state index contributed by atoms with van der Waals surface area (Å²) in [5, 5.41) is 3.15.